The standard InChI is InChI=1S/C23H48N2O4/c1-2-3-4-11-14-21(27)15-12-9-7-5-6-8-10-13-16-23(29)25-20-22(28)19-24-17-18-26/h21-22,24,26-28H,2-20H2,1H3,(H,25,29). The van der Waals surface area contributed by atoms with E-state index >= 15 is 0 Å². The zero-order chi connectivity index (χ0) is 21.6. The van der Waals surface area contributed by atoms with Crippen LogP contribution in [-0.4, -0.2) is 59.7 Å². The third kappa shape index (κ3) is 21.8. The Morgan fingerprint density at radius 3 is 1.90 bits per heavy atom. The molecule has 0 aromatic heterocycles. The van der Waals surface area contributed by atoms with Gasteiger partial charge in [0.2, 0.25) is 5.91 Å². The van der Waals surface area contributed by atoms with E-state index in [1.807, 2.05) is 0 Å². The lowest BCUT2D eigenvalue weighted by Gasteiger charge is -2.12. The molecular formula is C23H48N2O4. The van der Waals surface area contributed by atoms with Gasteiger partial charge >= 0.3 is 0 Å². The quantitative estimate of drug-likeness (QED) is 0.174. The van der Waals surface area contributed by atoms with Gasteiger partial charge in [0.15, 0.2) is 0 Å². The van der Waals surface area contributed by atoms with Gasteiger partial charge < -0.3 is 26.0 Å². The molecule has 0 saturated carbocycles. The molecule has 0 saturated heterocycles. The zero-order valence-electron chi connectivity index (χ0n) is 18.8. The van der Waals surface area contributed by atoms with Crippen molar-refractivity contribution < 1.29 is 20.1 Å². The maximum Gasteiger partial charge on any atom is 0.220 e. The first-order chi connectivity index (χ1) is 14.1. The van der Waals surface area contributed by atoms with Crippen molar-refractivity contribution in [1.82, 2.24) is 10.6 Å². The highest BCUT2D eigenvalue weighted by atomic mass is 16.3. The van der Waals surface area contributed by atoms with Crippen LogP contribution in [0.25, 0.3) is 0 Å². The second-order valence-corrected chi connectivity index (χ2v) is 8.26. The number of aliphatic hydroxyl groups excluding tert-OH is 3. The van der Waals surface area contributed by atoms with E-state index in [0.717, 1.165) is 38.5 Å². The van der Waals surface area contributed by atoms with E-state index in [-0.39, 0.29) is 25.2 Å². The summed E-state index contributed by atoms with van der Waals surface area (Å²) < 4.78 is 0. The molecule has 2 atom stereocenters. The van der Waals surface area contributed by atoms with Crippen molar-refractivity contribution in [3.8, 4) is 0 Å². The number of aliphatic hydroxyl groups is 3. The van der Waals surface area contributed by atoms with Crippen LogP contribution in [0.1, 0.15) is 103 Å². The third-order valence-electron chi connectivity index (χ3n) is 5.29. The van der Waals surface area contributed by atoms with Gasteiger partial charge in [0.1, 0.15) is 0 Å². The molecule has 6 nitrogen and oxygen atoms in total. The lowest BCUT2D eigenvalue weighted by atomic mass is 10.0. The highest BCUT2D eigenvalue weighted by Gasteiger charge is 2.07. The van der Waals surface area contributed by atoms with Gasteiger partial charge in [-0.25, -0.2) is 0 Å². The first-order valence-corrected chi connectivity index (χ1v) is 12.0. The number of hydrogen-bond acceptors (Lipinski definition) is 5. The first-order valence-electron chi connectivity index (χ1n) is 12.0. The van der Waals surface area contributed by atoms with Crippen molar-refractivity contribution in [3.63, 3.8) is 0 Å². The number of unbranched alkanes of at least 4 members (excludes halogenated alkanes) is 10. The molecule has 5 N–H and O–H groups in total. The maximum atomic E-state index is 11.7. The van der Waals surface area contributed by atoms with Gasteiger partial charge in [-0.3, -0.25) is 4.79 Å². The Labute approximate surface area is 178 Å². The minimum atomic E-state index is -0.618. The third-order valence-corrected chi connectivity index (χ3v) is 5.29. The van der Waals surface area contributed by atoms with Gasteiger partial charge in [0, 0.05) is 26.1 Å². The minimum absolute atomic E-state index is 0.000500. The summed E-state index contributed by atoms with van der Waals surface area (Å²) >= 11 is 0. The summed E-state index contributed by atoms with van der Waals surface area (Å²) in [6, 6.07) is 0. The Morgan fingerprint density at radius 2 is 1.31 bits per heavy atom. The fraction of sp³-hybridized carbons (Fsp3) is 0.957. The molecule has 0 aliphatic heterocycles. The summed E-state index contributed by atoms with van der Waals surface area (Å²) in [5.41, 5.74) is 0. The average molecular weight is 417 g/mol. The molecule has 0 aromatic carbocycles. The van der Waals surface area contributed by atoms with Crippen molar-refractivity contribution in [1.29, 1.82) is 0 Å². The van der Waals surface area contributed by atoms with E-state index in [2.05, 4.69) is 17.6 Å². The second-order valence-electron chi connectivity index (χ2n) is 8.26. The topological polar surface area (TPSA) is 102 Å². The molecule has 0 aromatic rings. The van der Waals surface area contributed by atoms with Crippen LogP contribution in [0.3, 0.4) is 0 Å². The van der Waals surface area contributed by atoms with E-state index in [1.165, 1.54) is 51.4 Å². The molecule has 1 amide bonds. The molecule has 0 aliphatic rings. The lowest BCUT2D eigenvalue weighted by Crippen LogP contribution is -2.38. The molecular weight excluding hydrogens is 368 g/mol. The summed E-state index contributed by atoms with van der Waals surface area (Å²) in [6.45, 7) is 3.33. The van der Waals surface area contributed by atoms with Gasteiger partial charge in [-0.05, 0) is 19.3 Å². The van der Waals surface area contributed by atoms with Crippen molar-refractivity contribution >= 4 is 5.91 Å². The summed E-state index contributed by atoms with van der Waals surface area (Å²) in [7, 11) is 0. The number of rotatable bonds is 22. The molecule has 6 heteroatoms. The molecule has 0 bridgehead atoms. The van der Waals surface area contributed by atoms with Crippen molar-refractivity contribution in [2.24, 2.45) is 0 Å². The summed E-state index contributed by atoms with van der Waals surface area (Å²) in [4.78, 5) is 11.7. The number of carbonyl (C=O) groups is 1. The molecule has 174 valence electrons. The van der Waals surface area contributed by atoms with Gasteiger partial charge in [-0.1, -0.05) is 77.6 Å². The Kier molecular flexibility index (Phi) is 21.5. The number of hydrogen-bond donors (Lipinski definition) is 5. The van der Waals surface area contributed by atoms with Crippen molar-refractivity contribution in [2.75, 3.05) is 26.2 Å². The van der Waals surface area contributed by atoms with Gasteiger partial charge in [-0.15, -0.1) is 0 Å². The highest BCUT2D eigenvalue weighted by molar-refractivity contribution is 5.75. The van der Waals surface area contributed by atoms with E-state index < -0.39 is 6.10 Å². The highest BCUT2D eigenvalue weighted by Crippen LogP contribution is 2.14. The monoisotopic (exact) mass is 416 g/mol. The maximum absolute atomic E-state index is 11.7. The van der Waals surface area contributed by atoms with E-state index in [9.17, 15) is 15.0 Å². The van der Waals surface area contributed by atoms with Crippen LogP contribution in [0.4, 0.5) is 0 Å². The van der Waals surface area contributed by atoms with Crippen LogP contribution in [0.15, 0.2) is 0 Å². The first kappa shape index (κ1) is 28.3. The molecule has 0 radical (unpaired) electrons. The second kappa shape index (κ2) is 22.0. The number of nitrogens with one attached hydrogen (secondary N) is 2. The SMILES string of the molecule is CCCCCCC(O)CCCCCCCCCCC(=O)NCC(O)CNCCO. The smallest absolute Gasteiger partial charge is 0.220 e. The van der Waals surface area contributed by atoms with Gasteiger partial charge in [-0.2, -0.15) is 0 Å². The van der Waals surface area contributed by atoms with Crippen LogP contribution >= 0.6 is 0 Å². The predicted molar refractivity (Wildman–Crippen MR) is 120 cm³/mol. The Morgan fingerprint density at radius 1 is 0.759 bits per heavy atom. The molecule has 0 spiro atoms. The number of carbonyl (C=O) groups excluding carboxylic acids is 1. The molecule has 0 fully saturated rings. The molecule has 2 unspecified atom stereocenters. The van der Waals surface area contributed by atoms with E-state index in [0.29, 0.717) is 19.5 Å². The molecule has 0 rings (SSSR count). The normalized spacial score (nSPS) is 13.4. The average Bonchev–Trinajstić information content (AvgIpc) is 2.71. The molecule has 29 heavy (non-hydrogen) atoms. The Balaban J connectivity index is 3.31. The predicted octanol–water partition coefficient (Wildman–Crippen LogP) is 3.28. The van der Waals surface area contributed by atoms with Gasteiger partial charge in [0.05, 0.1) is 18.8 Å². The largest absolute Gasteiger partial charge is 0.395 e. The Hall–Kier alpha value is -0.690. The summed E-state index contributed by atoms with van der Waals surface area (Å²) in [5, 5.41) is 33.9. The lowest BCUT2D eigenvalue weighted by molar-refractivity contribution is -0.121. The zero-order valence-corrected chi connectivity index (χ0v) is 18.8. The summed E-state index contributed by atoms with van der Waals surface area (Å²) in [6.07, 6.45) is 15.9. The summed E-state index contributed by atoms with van der Waals surface area (Å²) in [5.74, 6) is -0.000500. The van der Waals surface area contributed by atoms with Crippen LogP contribution in [0.2, 0.25) is 0 Å². The van der Waals surface area contributed by atoms with Crippen molar-refractivity contribution in [3.05, 3.63) is 0 Å². The number of amides is 1. The Bertz CT molecular complexity index is 356. The van der Waals surface area contributed by atoms with Crippen LogP contribution in [-0.2, 0) is 4.79 Å². The molecule has 0 aliphatic carbocycles. The van der Waals surface area contributed by atoms with Gasteiger partial charge in [0.25, 0.3) is 0 Å². The van der Waals surface area contributed by atoms with Crippen molar-refractivity contribution in [2.45, 2.75) is 115 Å². The van der Waals surface area contributed by atoms with E-state index in [1.54, 1.807) is 0 Å². The fourth-order valence-corrected chi connectivity index (χ4v) is 3.42. The fourth-order valence-electron chi connectivity index (χ4n) is 3.42. The van der Waals surface area contributed by atoms with E-state index in [4.69, 9.17) is 5.11 Å². The van der Waals surface area contributed by atoms with Crippen LogP contribution in [0, 0.1) is 0 Å². The molecule has 0 heterocycles. The van der Waals surface area contributed by atoms with Crippen LogP contribution < -0.4 is 10.6 Å². The minimum Gasteiger partial charge on any atom is -0.395 e. The van der Waals surface area contributed by atoms with Crippen LogP contribution in [0.5, 0.6) is 0 Å².